The molecule has 0 fully saturated rings. The maximum atomic E-state index is 12.6. The van der Waals surface area contributed by atoms with Crippen LogP contribution in [0.3, 0.4) is 0 Å². The fourth-order valence-corrected chi connectivity index (χ4v) is 1.15. The molecule has 0 radical (unpaired) electrons. The van der Waals surface area contributed by atoms with Crippen LogP contribution in [0.5, 0.6) is 0 Å². The highest BCUT2D eigenvalue weighted by molar-refractivity contribution is 5.83. The second-order valence-electron chi connectivity index (χ2n) is 3.02. The van der Waals surface area contributed by atoms with Gasteiger partial charge in [-0.2, -0.15) is 0 Å². The van der Waals surface area contributed by atoms with Gasteiger partial charge < -0.3 is 10.4 Å². The number of nitrogens with one attached hydrogen (secondary N) is 1. The van der Waals surface area contributed by atoms with E-state index in [9.17, 15) is 14.0 Å². The summed E-state index contributed by atoms with van der Waals surface area (Å²) in [4.78, 5) is 21.6. The number of aliphatic carboxylic acids is 1. The molecular formula is C10H10FNO3. The molecule has 4 nitrogen and oxygen atoms in total. The van der Waals surface area contributed by atoms with Crippen LogP contribution in [0.2, 0.25) is 0 Å². The molecule has 0 bridgehead atoms. The molecule has 2 N–H and O–H groups in total. The Labute approximate surface area is 85.7 Å². The second kappa shape index (κ2) is 4.54. The number of carboxylic acid groups (broad SMARTS) is 1. The quantitative estimate of drug-likeness (QED) is 0.786. The van der Waals surface area contributed by atoms with Crippen molar-refractivity contribution >= 4 is 11.9 Å². The van der Waals surface area contributed by atoms with Gasteiger partial charge in [0, 0.05) is 6.92 Å². The van der Waals surface area contributed by atoms with Gasteiger partial charge in [-0.15, -0.1) is 0 Å². The van der Waals surface area contributed by atoms with Gasteiger partial charge in [-0.05, 0) is 17.7 Å². The fourth-order valence-electron chi connectivity index (χ4n) is 1.15. The van der Waals surface area contributed by atoms with Crippen LogP contribution in [0.4, 0.5) is 4.39 Å². The summed E-state index contributed by atoms with van der Waals surface area (Å²) >= 11 is 0. The van der Waals surface area contributed by atoms with Gasteiger partial charge in [0.25, 0.3) is 0 Å². The van der Waals surface area contributed by atoms with Gasteiger partial charge in [-0.3, -0.25) is 4.79 Å². The molecule has 0 heterocycles. The number of halogens is 1. The van der Waals surface area contributed by atoms with Crippen molar-refractivity contribution in [3.8, 4) is 0 Å². The van der Waals surface area contributed by atoms with Crippen molar-refractivity contribution in [3.63, 3.8) is 0 Å². The largest absolute Gasteiger partial charge is 0.479 e. The summed E-state index contributed by atoms with van der Waals surface area (Å²) in [6.45, 7) is 1.22. The predicted molar refractivity (Wildman–Crippen MR) is 50.6 cm³/mol. The third-order valence-corrected chi connectivity index (χ3v) is 1.80. The summed E-state index contributed by atoms with van der Waals surface area (Å²) in [5, 5.41) is 11.1. The van der Waals surface area contributed by atoms with Crippen LogP contribution in [-0.4, -0.2) is 17.0 Å². The number of carbonyl (C=O) groups is 2. The van der Waals surface area contributed by atoms with E-state index in [1.54, 1.807) is 0 Å². The van der Waals surface area contributed by atoms with Crippen LogP contribution < -0.4 is 5.32 Å². The molecule has 1 amide bonds. The Morgan fingerprint density at radius 3 is 2.27 bits per heavy atom. The van der Waals surface area contributed by atoms with Crippen molar-refractivity contribution in [2.75, 3.05) is 0 Å². The molecule has 1 aromatic rings. The summed E-state index contributed by atoms with van der Waals surface area (Å²) in [5.41, 5.74) is 0.333. The standard InChI is InChI=1S/C10H10FNO3/c1-6(13)12-9(10(14)15)7-2-4-8(11)5-3-7/h2-5,9H,1H3,(H,12,13)(H,14,15). The van der Waals surface area contributed by atoms with Crippen molar-refractivity contribution in [2.24, 2.45) is 0 Å². The number of rotatable bonds is 3. The Morgan fingerprint density at radius 1 is 1.33 bits per heavy atom. The molecule has 1 aromatic carbocycles. The van der Waals surface area contributed by atoms with Crippen LogP contribution in [0, 0.1) is 5.82 Å². The molecule has 1 unspecified atom stereocenters. The Balaban J connectivity index is 2.94. The van der Waals surface area contributed by atoms with Gasteiger partial charge in [-0.1, -0.05) is 12.1 Å². The van der Waals surface area contributed by atoms with Crippen LogP contribution in [-0.2, 0) is 9.59 Å². The van der Waals surface area contributed by atoms with E-state index in [1.807, 2.05) is 0 Å². The Morgan fingerprint density at radius 2 is 1.87 bits per heavy atom. The lowest BCUT2D eigenvalue weighted by Gasteiger charge is -2.13. The average Bonchev–Trinajstić information content (AvgIpc) is 2.15. The summed E-state index contributed by atoms with van der Waals surface area (Å²) in [7, 11) is 0. The minimum Gasteiger partial charge on any atom is -0.479 e. The molecule has 15 heavy (non-hydrogen) atoms. The molecule has 0 aromatic heterocycles. The highest BCUT2D eigenvalue weighted by Crippen LogP contribution is 2.13. The lowest BCUT2D eigenvalue weighted by Crippen LogP contribution is -2.31. The van der Waals surface area contributed by atoms with E-state index in [-0.39, 0.29) is 0 Å². The molecule has 1 atom stereocenters. The number of hydrogen-bond acceptors (Lipinski definition) is 2. The summed E-state index contributed by atoms with van der Waals surface area (Å²) in [6.07, 6.45) is 0. The Hall–Kier alpha value is -1.91. The fraction of sp³-hybridized carbons (Fsp3) is 0.200. The van der Waals surface area contributed by atoms with Crippen molar-refractivity contribution in [1.82, 2.24) is 5.32 Å². The summed E-state index contributed by atoms with van der Waals surface area (Å²) in [5.74, 6) is -2.09. The van der Waals surface area contributed by atoms with Gasteiger partial charge >= 0.3 is 5.97 Å². The van der Waals surface area contributed by atoms with E-state index in [1.165, 1.54) is 19.1 Å². The van der Waals surface area contributed by atoms with E-state index in [4.69, 9.17) is 5.11 Å². The third-order valence-electron chi connectivity index (χ3n) is 1.80. The van der Waals surface area contributed by atoms with Crippen LogP contribution in [0.15, 0.2) is 24.3 Å². The number of carboxylic acids is 1. The minimum absolute atomic E-state index is 0.333. The normalized spacial score (nSPS) is 11.9. The number of hydrogen-bond donors (Lipinski definition) is 2. The lowest BCUT2D eigenvalue weighted by molar-refractivity contribution is -0.141. The molecular weight excluding hydrogens is 201 g/mol. The molecule has 1 rings (SSSR count). The van der Waals surface area contributed by atoms with Crippen LogP contribution in [0.25, 0.3) is 0 Å². The average molecular weight is 211 g/mol. The SMILES string of the molecule is CC(=O)NC(C(=O)O)c1ccc(F)cc1. The van der Waals surface area contributed by atoms with Crippen molar-refractivity contribution in [3.05, 3.63) is 35.6 Å². The first-order valence-electron chi connectivity index (χ1n) is 4.26. The van der Waals surface area contributed by atoms with E-state index in [0.717, 1.165) is 12.1 Å². The van der Waals surface area contributed by atoms with Gasteiger partial charge in [0.15, 0.2) is 6.04 Å². The highest BCUT2D eigenvalue weighted by atomic mass is 19.1. The highest BCUT2D eigenvalue weighted by Gasteiger charge is 2.20. The molecule has 5 heteroatoms. The Bertz CT molecular complexity index is 375. The Kier molecular flexibility index (Phi) is 3.38. The van der Waals surface area contributed by atoms with Crippen molar-refractivity contribution < 1.29 is 19.1 Å². The minimum atomic E-state index is -1.18. The number of benzene rings is 1. The van der Waals surface area contributed by atoms with E-state index in [2.05, 4.69) is 5.32 Å². The zero-order valence-corrected chi connectivity index (χ0v) is 8.03. The lowest BCUT2D eigenvalue weighted by atomic mass is 10.1. The zero-order valence-electron chi connectivity index (χ0n) is 8.03. The first kappa shape index (κ1) is 11.2. The second-order valence-corrected chi connectivity index (χ2v) is 3.02. The third kappa shape index (κ3) is 3.05. The molecule has 0 aliphatic carbocycles. The molecule has 0 aliphatic rings. The van der Waals surface area contributed by atoms with Crippen molar-refractivity contribution in [2.45, 2.75) is 13.0 Å². The maximum Gasteiger partial charge on any atom is 0.330 e. The zero-order chi connectivity index (χ0) is 11.4. The van der Waals surface area contributed by atoms with Crippen LogP contribution in [0.1, 0.15) is 18.5 Å². The predicted octanol–water partition coefficient (Wildman–Crippen LogP) is 1.09. The molecule has 0 saturated heterocycles. The number of carbonyl (C=O) groups excluding carboxylic acids is 1. The summed E-state index contributed by atoms with van der Waals surface area (Å²) in [6, 6.07) is 3.80. The maximum absolute atomic E-state index is 12.6. The topological polar surface area (TPSA) is 66.4 Å². The molecule has 80 valence electrons. The molecule has 0 spiro atoms. The van der Waals surface area contributed by atoms with Gasteiger partial charge in [0.2, 0.25) is 5.91 Å². The van der Waals surface area contributed by atoms with Gasteiger partial charge in [0.05, 0.1) is 0 Å². The first-order chi connectivity index (χ1) is 7.00. The van der Waals surface area contributed by atoms with E-state index >= 15 is 0 Å². The number of amides is 1. The smallest absolute Gasteiger partial charge is 0.330 e. The monoisotopic (exact) mass is 211 g/mol. The molecule has 0 saturated carbocycles. The van der Waals surface area contributed by atoms with E-state index in [0.29, 0.717) is 5.56 Å². The van der Waals surface area contributed by atoms with Gasteiger partial charge in [-0.25, -0.2) is 9.18 Å². The van der Waals surface area contributed by atoms with Gasteiger partial charge in [0.1, 0.15) is 5.82 Å². The molecule has 0 aliphatic heterocycles. The van der Waals surface area contributed by atoms with Crippen molar-refractivity contribution in [1.29, 1.82) is 0 Å². The summed E-state index contributed by atoms with van der Waals surface area (Å²) < 4.78 is 12.6. The first-order valence-corrected chi connectivity index (χ1v) is 4.26. The van der Waals surface area contributed by atoms with Crippen LogP contribution >= 0.6 is 0 Å². The van der Waals surface area contributed by atoms with E-state index < -0.39 is 23.7 Å².